The molecule has 27 heavy (non-hydrogen) atoms. The van der Waals surface area contributed by atoms with Crippen LogP contribution in [0.4, 0.5) is 11.5 Å². The number of hydrogen-bond acceptors (Lipinski definition) is 10. The summed E-state index contributed by atoms with van der Waals surface area (Å²) < 4.78 is 10.2. The average molecular weight is 421 g/mol. The highest BCUT2D eigenvalue weighted by Crippen LogP contribution is 2.31. The number of anilines is 2. The van der Waals surface area contributed by atoms with Crippen molar-refractivity contribution in [1.82, 2.24) is 9.97 Å². The maximum Gasteiger partial charge on any atom is 0.332 e. The molecule has 0 bridgehead atoms. The van der Waals surface area contributed by atoms with Crippen molar-refractivity contribution in [2.45, 2.75) is 56.2 Å². The third-order valence-corrected chi connectivity index (χ3v) is 5.33. The zero-order valence-electron chi connectivity index (χ0n) is 15.2. The lowest BCUT2D eigenvalue weighted by atomic mass is 10.2. The molecule has 0 saturated heterocycles. The number of nitrogens with two attached hydrogens (primary N) is 1. The van der Waals surface area contributed by atoms with Crippen molar-refractivity contribution in [3.63, 3.8) is 0 Å². The van der Waals surface area contributed by atoms with Crippen LogP contribution in [0.25, 0.3) is 0 Å². The number of aromatic nitrogens is 2. The second-order valence-corrected chi connectivity index (χ2v) is 7.45. The number of esters is 1. The topological polar surface area (TPSA) is 140 Å². The van der Waals surface area contributed by atoms with E-state index in [1.54, 1.807) is 6.92 Å². The standard InChI is InChI=1S/C16H25ClN4O5S/c1-3-5-27-16-20-14(17)11(18)15(21-16)19-8-6-9(13(24)12(8)23)26-7-10(22)25-4-2/h8-9,12-13,23-24H,3-7,18H2,1-2H3,(H,19,20,21)/t8-,9+,12+,13-/m1/s1. The first-order valence-corrected chi connectivity index (χ1v) is 10.1. The lowest BCUT2D eigenvalue weighted by Crippen LogP contribution is -2.37. The van der Waals surface area contributed by atoms with E-state index in [0.29, 0.717) is 5.16 Å². The van der Waals surface area contributed by atoms with Crippen LogP contribution in [0, 0.1) is 0 Å². The summed E-state index contributed by atoms with van der Waals surface area (Å²) in [6.07, 6.45) is -1.82. The number of carbonyl (C=O) groups excluding carboxylic acids is 1. The number of thioether (sulfide) groups is 1. The first kappa shape index (κ1) is 22.0. The zero-order chi connectivity index (χ0) is 20.0. The second kappa shape index (κ2) is 10.3. The molecule has 1 aliphatic rings. The fourth-order valence-corrected chi connectivity index (χ4v) is 3.56. The number of aliphatic hydroxyl groups excluding tert-OH is 2. The molecule has 152 valence electrons. The number of halogens is 1. The summed E-state index contributed by atoms with van der Waals surface area (Å²) in [5.74, 6) is 0.588. The van der Waals surface area contributed by atoms with Gasteiger partial charge in [0.05, 0.1) is 18.8 Å². The molecule has 0 radical (unpaired) electrons. The Bertz CT molecular complexity index is 653. The molecule has 0 amide bonds. The molecule has 9 nitrogen and oxygen atoms in total. The van der Waals surface area contributed by atoms with E-state index in [4.69, 9.17) is 26.8 Å². The molecule has 1 saturated carbocycles. The van der Waals surface area contributed by atoms with E-state index >= 15 is 0 Å². The summed E-state index contributed by atoms with van der Waals surface area (Å²) in [5.41, 5.74) is 6.10. The summed E-state index contributed by atoms with van der Waals surface area (Å²) in [5, 5.41) is 24.1. The molecule has 5 N–H and O–H groups in total. The van der Waals surface area contributed by atoms with Crippen molar-refractivity contribution in [2.75, 3.05) is 30.0 Å². The highest BCUT2D eigenvalue weighted by molar-refractivity contribution is 7.99. The van der Waals surface area contributed by atoms with Crippen LogP contribution in [0.3, 0.4) is 0 Å². The van der Waals surface area contributed by atoms with E-state index in [1.165, 1.54) is 11.8 Å². The largest absolute Gasteiger partial charge is 0.464 e. The Morgan fingerprint density at radius 1 is 1.37 bits per heavy atom. The molecule has 1 aliphatic carbocycles. The van der Waals surface area contributed by atoms with Gasteiger partial charge in [-0.15, -0.1) is 0 Å². The van der Waals surface area contributed by atoms with Crippen LogP contribution in [0.5, 0.6) is 0 Å². The minimum absolute atomic E-state index is 0.120. The molecular weight excluding hydrogens is 396 g/mol. The van der Waals surface area contributed by atoms with Gasteiger partial charge in [-0.2, -0.15) is 0 Å². The van der Waals surface area contributed by atoms with E-state index in [9.17, 15) is 15.0 Å². The second-order valence-electron chi connectivity index (χ2n) is 6.03. The van der Waals surface area contributed by atoms with Gasteiger partial charge in [0.15, 0.2) is 16.1 Å². The Hall–Kier alpha value is -1.33. The Balaban J connectivity index is 2.04. The Morgan fingerprint density at radius 3 is 2.78 bits per heavy atom. The molecule has 1 heterocycles. The van der Waals surface area contributed by atoms with E-state index in [1.807, 2.05) is 6.92 Å². The molecular formula is C16H25ClN4O5S. The normalized spacial score (nSPS) is 24.8. The van der Waals surface area contributed by atoms with Gasteiger partial charge in [-0.05, 0) is 19.8 Å². The molecule has 1 fully saturated rings. The smallest absolute Gasteiger partial charge is 0.332 e. The summed E-state index contributed by atoms with van der Waals surface area (Å²) in [6, 6.07) is -0.579. The molecule has 0 unspecified atom stereocenters. The third kappa shape index (κ3) is 5.82. The van der Waals surface area contributed by atoms with E-state index in [-0.39, 0.29) is 36.3 Å². The lowest BCUT2D eigenvalue weighted by Gasteiger charge is -2.19. The number of aliphatic hydroxyl groups is 2. The van der Waals surface area contributed by atoms with Gasteiger partial charge >= 0.3 is 5.97 Å². The summed E-state index contributed by atoms with van der Waals surface area (Å²) in [7, 11) is 0. The monoisotopic (exact) mass is 420 g/mol. The molecule has 2 rings (SSSR count). The van der Waals surface area contributed by atoms with Crippen molar-refractivity contribution in [2.24, 2.45) is 0 Å². The Morgan fingerprint density at radius 2 is 2.11 bits per heavy atom. The van der Waals surface area contributed by atoms with E-state index in [0.717, 1.165) is 12.2 Å². The van der Waals surface area contributed by atoms with Crippen LogP contribution in [0.15, 0.2) is 5.16 Å². The van der Waals surface area contributed by atoms with Crippen LogP contribution >= 0.6 is 23.4 Å². The van der Waals surface area contributed by atoms with Crippen molar-refractivity contribution >= 4 is 40.8 Å². The first-order valence-electron chi connectivity index (χ1n) is 8.73. The third-order valence-electron chi connectivity index (χ3n) is 3.99. The fraction of sp³-hybridized carbons (Fsp3) is 0.688. The predicted octanol–water partition coefficient (Wildman–Crippen LogP) is 1.07. The number of carbonyl (C=O) groups is 1. The first-order chi connectivity index (χ1) is 12.9. The van der Waals surface area contributed by atoms with Crippen LogP contribution in [0.1, 0.15) is 26.7 Å². The maximum atomic E-state index is 11.4. The van der Waals surface area contributed by atoms with E-state index in [2.05, 4.69) is 15.3 Å². The van der Waals surface area contributed by atoms with Gasteiger partial charge in [0.2, 0.25) is 0 Å². The van der Waals surface area contributed by atoms with Gasteiger partial charge in [-0.3, -0.25) is 0 Å². The fourth-order valence-electron chi connectivity index (χ4n) is 2.64. The zero-order valence-corrected chi connectivity index (χ0v) is 16.8. The van der Waals surface area contributed by atoms with Crippen LogP contribution in [-0.4, -0.2) is 69.5 Å². The number of nitrogens with zero attached hydrogens (tertiary/aromatic N) is 2. The van der Waals surface area contributed by atoms with Gasteiger partial charge in [-0.25, -0.2) is 14.8 Å². The molecule has 11 heteroatoms. The SMILES string of the molecule is CCCSc1nc(Cl)c(N)c(N[C@@H]2C[C@H](OCC(=O)OCC)[C@@H](O)[C@H]2O)n1. The Labute approximate surface area is 167 Å². The van der Waals surface area contributed by atoms with Gasteiger partial charge in [0.25, 0.3) is 0 Å². The minimum atomic E-state index is -1.16. The van der Waals surface area contributed by atoms with E-state index < -0.39 is 30.3 Å². The van der Waals surface area contributed by atoms with Crippen molar-refractivity contribution in [3.8, 4) is 0 Å². The maximum absolute atomic E-state index is 11.4. The molecule has 1 aromatic rings. The van der Waals surface area contributed by atoms with Crippen molar-refractivity contribution in [1.29, 1.82) is 0 Å². The summed E-state index contributed by atoms with van der Waals surface area (Å²) in [6.45, 7) is 3.68. The van der Waals surface area contributed by atoms with Crippen molar-refractivity contribution in [3.05, 3.63) is 5.15 Å². The molecule has 0 spiro atoms. The molecule has 0 aromatic carbocycles. The summed E-state index contributed by atoms with van der Waals surface area (Å²) >= 11 is 7.52. The lowest BCUT2D eigenvalue weighted by molar-refractivity contribution is -0.153. The number of rotatable bonds is 9. The average Bonchev–Trinajstić information content (AvgIpc) is 2.90. The van der Waals surface area contributed by atoms with Gasteiger partial charge in [-0.1, -0.05) is 30.3 Å². The quantitative estimate of drug-likeness (QED) is 0.198. The van der Waals surface area contributed by atoms with Crippen LogP contribution in [0.2, 0.25) is 5.15 Å². The molecule has 4 atom stereocenters. The minimum Gasteiger partial charge on any atom is -0.464 e. The number of nitrogen functional groups attached to an aromatic ring is 1. The number of hydrogen-bond donors (Lipinski definition) is 4. The number of ether oxygens (including phenoxy) is 2. The number of nitrogens with one attached hydrogen (secondary N) is 1. The molecule has 0 aliphatic heterocycles. The highest BCUT2D eigenvalue weighted by Gasteiger charge is 2.43. The Kier molecular flexibility index (Phi) is 8.36. The van der Waals surface area contributed by atoms with Crippen molar-refractivity contribution < 1.29 is 24.5 Å². The van der Waals surface area contributed by atoms with Gasteiger partial charge < -0.3 is 30.7 Å². The predicted molar refractivity (Wildman–Crippen MR) is 103 cm³/mol. The molecule has 1 aromatic heterocycles. The van der Waals surface area contributed by atoms with Crippen LogP contribution < -0.4 is 11.1 Å². The summed E-state index contributed by atoms with van der Waals surface area (Å²) in [4.78, 5) is 19.9. The van der Waals surface area contributed by atoms with Gasteiger partial charge in [0.1, 0.15) is 24.5 Å². The highest BCUT2D eigenvalue weighted by atomic mass is 35.5. The van der Waals surface area contributed by atoms with Gasteiger partial charge in [0, 0.05) is 5.75 Å². The van der Waals surface area contributed by atoms with Crippen LogP contribution in [-0.2, 0) is 14.3 Å².